The number of fused-ring (bicyclic) bond motifs is 1. The normalized spacial score (nSPS) is 15.1. The van der Waals surface area contributed by atoms with Gasteiger partial charge in [0.2, 0.25) is 5.91 Å². The Morgan fingerprint density at radius 2 is 1.87 bits per heavy atom. The number of hydrogen-bond acceptors (Lipinski definition) is 5. The zero-order valence-corrected chi connectivity index (χ0v) is 17.2. The predicted molar refractivity (Wildman–Crippen MR) is 114 cm³/mol. The van der Waals surface area contributed by atoms with Crippen molar-refractivity contribution in [3.8, 4) is 11.5 Å². The van der Waals surface area contributed by atoms with Crippen LogP contribution in [0.15, 0.2) is 71.3 Å². The molecule has 1 aliphatic heterocycles. The third-order valence-electron chi connectivity index (χ3n) is 5.26. The van der Waals surface area contributed by atoms with Crippen molar-refractivity contribution < 1.29 is 23.5 Å². The van der Waals surface area contributed by atoms with E-state index in [0.29, 0.717) is 37.6 Å². The average Bonchev–Trinajstić information content (AvgIpc) is 3.35. The summed E-state index contributed by atoms with van der Waals surface area (Å²) in [6.07, 6.45) is 1.90. The molecule has 7 nitrogen and oxygen atoms in total. The molecule has 2 amide bonds. The number of methoxy groups -OCH3 is 1. The molecule has 3 aromatic rings. The second kappa shape index (κ2) is 9.38. The van der Waals surface area contributed by atoms with Gasteiger partial charge in [0.15, 0.2) is 5.76 Å². The molecule has 1 aliphatic rings. The second-order valence-electron chi connectivity index (χ2n) is 7.22. The summed E-state index contributed by atoms with van der Waals surface area (Å²) in [7, 11) is 1.59. The first-order valence-electron chi connectivity index (χ1n) is 10.1. The van der Waals surface area contributed by atoms with Crippen LogP contribution in [0.3, 0.4) is 0 Å². The van der Waals surface area contributed by atoms with Crippen LogP contribution in [0, 0.1) is 0 Å². The van der Waals surface area contributed by atoms with E-state index in [1.807, 2.05) is 42.5 Å². The van der Waals surface area contributed by atoms with Crippen LogP contribution in [-0.4, -0.2) is 43.0 Å². The minimum absolute atomic E-state index is 0.219. The SMILES string of the molecule is COc1cccc(OCCNC(=O)C2Cc3ccccc3CN2C(=O)c2ccco2)c1. The maximum Gasteiger partial charge on any atom is 0.290 e. The van der Waals surface area contributed by atoms with E-state index >= 15 is 0 Å². The third-order valence-corrected chi connectivity index (χ3v) is 5.26. The van der Waals surface area contributed by atoms with E-state index in [2.05, 4.69) is 5.32 Å². The minimum atomic E-state index is -0.621. The summed E-state index contributed by atoms with van der Waals surface area (Å²) >= 11 is 0. The molecule has 0 radical (unpaired) electrons. The van der Waals surface area contributed by atoms with Crippen molar-refractivity contribution in [2.45, 2.75) is 19.0 Å². The summed E-state index contributed by atoms with van der Waals surface area (Å²) in [4.78, 5) is 27.5. The number of carbonyl (C=O) groups excluding carboxylic acids is 2. The molecule has 0 bridgehead atoms. The van der Waals surface area contributed by atoms with Gasteiger partial charge in [-0.05, 0) is 35.4 Å². The first-order valence-corrected chi connectivity index (χ1v) is 10.1. The highest BCUT2D eigenvalue weighted by molar-refractivity contribution is 5.96. The van der Waals surface area contributed by atoms with E-state index in [1.54, 1.807) is 30.2 Å². The number of hydrogen-bond donors (Lipinski definition) is 1. The highest BCUT2D eigenvalue weighted by atomic mass is 16.5. The van der Waals surface area contributed by atoms with Crippen LogP contribution in [0.1, 0.15) is 21.7 Å². The van der Waals surface area contributed by atoms with Crippen molar-refractivity contribution >= 4 is 11.8 Å². The largest absolute Gasteiger partial charge is 0.497 e. The Morgan fingerprint density at radius 1 is 1.06 bits per heavy atom. The Kier molecular flexibility index (Phi) is 6.21. The van der Waals surface area contributed by atoms with E-state index in [4.69, 9.17) is 13.9 Å². The lowest BCUT2D eigenvalue weighted by Gasteiger charge is -2.35. The lowest BCUT2D eigenvalue weighted by molar-refractivity contribution is -0.126. The lowest BCUT2D eigenvalue weighted by Crippen LogP contribution is -2.53. The Hall–Kier alpha value is -3.74. The van der Waals surface area contributed by atoms with E-state index in [9.17, 15) is 9.59 Å². The smallest absolute Gasteiger partial charge is 0.290 e. The summed E-state index contributed by atoms with van der Waals surface area (Å²) in [5, 5.41) is 2.89. The summed E-state index contributed by atoms with van der Waals surface area (Å²) in [6.45, 7) is 0.972. The van der Waals surface area contributed by atoms with Gasteiger partial charge in [-0.15, -0.1) is 0 Å². The Morgan fingerprint density at radius 3 is 2.65 bits per heavy atom. The number of ether oxygens (including phenoxy) is 2. The van der Waals surface area contributed by atoms with Gasteiger partial charge in [-0.25, -0.2) is 0 Å². The van der Waals surface area contributed by atoms with Gasteiger partial charge >= 0.3 is 0 Å². The Labute approximate surface area is 180 Å². The Bertz CT molecular complexity index is 1050. The van der Waals surface area contributed by atoms with Crippen molar-refractivity contribution in [2.75, 3.05) is 20.3 Å². The molecule has 0 fully saturated rings. The second-order valence-corrected chi connectivity index (χ2v) is 7.22. The van der Waals surface area contributed by atoms with E-state index in [1.165, 1.54) is 6.26 Å². The first kappa shape index (κ1) is 20.5. The maximum atomic E-state index is 13.0. The third kappa shape index (κ3) is 4.71. The van der Waals surface area contributed by atoms with Crippen molar-refractivity contribution in [3.05, 3.63) is 83.8 Å². The Balaban J connectivity index is 1.41. The summed E-state index contributed by atoms with van der Waals surface area (Å²) in [5.74, 6) is 1.07. The fourth-order valence-electron chi connectivity index (χ4n) is 3.66. The molecule has 31 heavy (non-hydrogen) atoms. The van der Waals surface area contributed by atoms with Crippen molar-refractivity contribution in [2.24, 2.45) is 0 Å². The summed E-state index contributed by atoms with van der Waals surface area (Å²) in [5.41, 5.74) is 2.10. The number of carbonyl (C=O) groups is 2. The molecule has 7 heteroatoms. The molecule has 160 valence electrons. The van der Waals surface area contributed by atoms with Crippen LogP contribution in [0.25, 0.3) is 0 Å². The molecular weight excluding hydrogens is 396 g/mol. The van der Waals surface area contributed by atoms with Gasteiger partial charge in [0.25, 0.3) is 5.91 Å². The fourth-order valence-corrected chi connectivity index (χ4v) is 3.66. The number of amides is 2. The van der Waals surface area contributed by atoms with Gasteiger partial charge in [-0.2, -0.15) is 0 Å². The molecule has 0 saturated heterocycles. The van der Waals surface area contributed by atoms with E-state index in [0.717, 1.165) is 11.1 Å². The van der Waals surface area contributed by atoms with Crippen molar-refractivity contribution in [1.82, 2.24) is 10.2 Å². The van der Waals surface area contributed by atoms with E-state index < -0.39 is 6.04 Å². The van der Waals surface area contributed by atoms with Gasteiger partial charge in [-0.1, -0.05) is 30.3 Å². The number of rotatable bonds is 7. The number of benzene rings is 2. The molecule has 1 atom stereocenters. The van der Waals surface area contributed by atoms with Gasteiger partial charge in [0, 0.05) is 19.0 Å². The fraction of sp³-hybridized carbons (Fsp3) is 0.250. The highest BCUT2D eigenvalue weighted by Crippen LogP contribution is 2.25. The quantitative estimate of drug-likeness (QED) is 0.594. The number of nitrogens with zero attached hydrogens (tertiary/aromatic N) is 1. The molecule has 1 unspecified atom stereocenters. The number of furan rings is 1. The molecule has 2 aromatic carbocycles. The molecule has 0 spiro atoms. The first-order chi connectivity index (χ1) is 15.2. The standard InChI is InChI=1S/C24H24N2O5/c1-29-19-8-4-9-20(15-19)30-13-11-25-23(27)21-14-17-6-2-3-7-18(17)16-26(21)24(28)22-10-5-12-31-22/h2-10,12,15,21H,11,13-14,16H2,1H3,(H,25,27). The summed E-state index contributed by atoms with van der Waals surface area (Å²) in [6, 6.07) is 17.8. The van der Waals surface area contributed by atoms with Crippen LogP contribution in [0.4, 0.5) is 0 Å². The van der Waals surface area contributed by atoms with Crippen LogP contribution < -0.4 is 14.8 Å². The average molecular weight is 420 g/mol. The summed E-state index contributed by atoms with van der Waals surface area (Å²) < 4.78 is 16.1. The minimum Gasteiger partial charge on any atom is -0.497 e. The van der Waals surface area contributed by atoms with Gasteiger partial charge in [0.05, 0.1) is 19.9 Å². The van der Waals surface area contributed by atoms with Gasteiger partial charge in [0.1, 0.15) is 24.1 Å². The topological polar surface area (TPSA) is 81.0 Å². The van der Waals surface area contributed by atoms with Crippen LogP contribution in [-0.2, 0) is 17.8 Å². The van der Waals surface area contributed by atoms with Gasteiger partial charge < -0.3 is 24.1 Å². The van der Waals surface area contributed by atoms with Gasteiger partial charge in [-0.3, -0.25) is 9.59 Å². The molecule has 2 heterocycles. The zero-order chi connectivity index (χ0) is 21.6. The molecule has 0 aliphatic carbocycles. The molecular formula is C24H24N2O5. The van der Waals surface area contributed by atoms with Crippen molar-refractivity contribution in [3.63, 3.8) is 0 Å². The molecule has 4 rings (SSSR count). The molecule has 0 saturated carbocycles. The van der Waals surface area contributed by atoms with E-state index in [-0.39, 0.29) is 17.6 Å². The van der Waals surface area contributed by atoms with Crippen LogP contribution >= 0.6 is 0 Å². The van der Waals surface area contributed by atoms with Crippen molar-refractivity contribution in [1.29, 1.82) is 0 Å². The van der Waals surface area contributed by atoms with Crippen LogP contribution in [0.2, 0.25) is 0 Å². The molecule has 1 N–H and O–H groups in total. The zero-order valence-electron chi connectivity index (χ0n) is 17.2. The highest BCUT2D eigenvalue weighted by Gasteiger charge is 2.35. The monoisotopic (exact) mass is 420 g/mol. The molecule has 1 aromatic heterocycles. The van der Waals surface area contributed by atoms with Crippen LogP contribution in [0.5, 0.6) is 11.5 Å². The predicted octanol–water partition coefficient (Wildman–Crippen LogP) is 3.05. The maximum absolute atomic E-state index is 13.0. The number of nitrogens with one attached hydrogen (secondary N) is 1. The lowest BCUT2D eigenvalue weighted by atomic mass is 9.93.